The average Bonchev–Trinajstić information content (AvgIpc) is 2.47. The number of carboxylic acids is 1. The fraction of sp³-hybridized carbons (Fsp3) is 0.133. The molecule has 0 aliphatic heterocycles. The maximum atomic E-state index is 12.0. The molecule has 0 saturated heterocycles. The molecule has 6 heteroatoms. The lowest BCUT2D eigenvalue weighted by Gasteiger charge is -2.07. The lowest BCUT2D eigenvalue weighted by atomic mass is 10.1. The summed E-state index contributed by atoms with van der Waals surface area (Å²) >= 11 is 0. The van der Waals surface area contributed by atoms with E-state index in [1.807, 2.05) is 0 Å². The second-order valence-electron chi connectivity index (χ2n) is 4.52. The molecule has 0 bridgehead atoms. The smallest absolute Gasteiger partial charge is 0.307 e. The van der Waals surface area contributed by atoms with E-state index in [-0.39, 0.29) is 17.9 Å². The molecule has 0 aliphatic rings. The van der Waals surface area contributed by atoms with Crippen LogP contribution in [0.4, 0.5) is 0 Å². The molecule has 2 N–H and O–H groups in total. The zero-order valence-corrected chi connectivity index (χ0v) is 12.0. The first-order valence-electron chi connectivity index (χ1n) is 6.32. The van der Waals surface area contributed by atoms with Crippen molar-refractivity contribution >= 4 is 16.0 Å². The predicted molar refractivity (Wildman–Crippen MR) is 78.2 cm³/mol. The van der Waals surface area contributed by atoms with Crippen molar-refractivity contribution in [1.29, 1.82) is 0 Å². The zero-order valence-electron chi connectivity index (χ0n) is 11.2. The van der Waals surface area contributed by atoms with Crippen molar-refractivity contribution in [2.75, 3.05) is 0 Å². The van der Waals surface area contributed by atoms with E-state index in [0.29, 0.717) is 5.56 Å². The van der Waals surface area contributed by atoms with Crippen LogP contribution in [0.25, 0.3) is 0 Å². The van der Waals surface area contributed by atoms with Crippen LogP contribution < -0.4 is 4.72 Å². The summed E-state index contributed by atoms with van der Waals surface area (Å²) in [6.45, 7) is 0.157. The van der Waals surface area contributed by atoms with Gasteiger partial charge in [-0.2, -0.15) is 0 Å². The van der Waals surface area contributed by atoms with Gasteiger partial charge >= 0.3 is 5.97 Å². The molecule has 21 heavy (non-hydrogen) atoms. The highest BCUT2D eigenvalue weighted by atomic mass is 32.2. The number of carbonyl (C=O) groups is 1. The SMILES string of the molecule is O=C(O)Cc1ccc(CNS(=O)(=O)c2ccccc2)cc1. The standard InChI is InChI=1S/C15H15NO4S/c17-15(18)10-12-6-8-13(9-7-12)11-16-21(19,20)14-4-2-1-3-5-14/h1-9,16H,10-11H2,(H,17,18). The quantitative estimate of drug-likeness (QED) is 0.852. The molecule has 0 amide bonds. The minimum absolute atomic E-state index is 0.0456. The van der Waals surface area contributed by atoms with Crippen molar-refractivity contribution < 1.29 is 18.3 Å². The highest BCUT2D eigenvalue weighted by Gasteiger charge is 2.12. The van der Waals surface area contributed by atoms with Crippen molar-refractivity contribution in [3.05, 3.63) is 65.7 Å². The molecule has 0 saturated carbocycles. The minimum Gasteiger partial charge on any atom is -0.481 e. The molecule has 5 nitrogen and oxygen atoms in total. The van der Waals surface area contributed by atoms with Gasteiger partial charge in [-0.25, -0.2) is 13.1 Å². The first-order valence-corrected chi connectivity index (χ1v) is 7.80. The van der Waals surface area contributed by atoms with E-state index in [4.69, 9.17) is 5.11 Å². The summed E-state index contributed by atoms with van der Waals surface area (Å²) in [6.07, 6.45) is -0.0456. The molecule has 2 aromatic carbocycles. The maximum absolute atomic E-state index is 12.0. The highest BCUT2D eigenvalue weighted by Crippen LogP contribution is 2.10. The Kier molecular flexibility index (Phi) is 4.72. The predicted octanol–water partition coefficient (Wildman–Crippen LogP) is 1.79. The third-order valence-corrected chi connectivity index (χ3v) is 4.32. The fourth-order valence-electron chi connectivity index (χ4n) is 1.81. The first-order chi connectivity index (χ1) is 9.97. The number of hydrogen-bond donors (Lipinski definition) is 2. The number of aliphatic carboxylic acids is 1. The summed E-state index contributed by atoms with van der Waals surface area (Å²) in [6, 6.07) is 14.9. The van der Waals surface area contributed by atoms with Crippen LogP contribution in [0.3, 0.4) is 0 Å². The van der Waals surface area contributed by atoms with Gasteiger partial charge < -0.3 is 5.11 Å². The van der Waals surface area contributed by atoms with Crippen LogP contribution in [0, 0.1) is 0 Å². The maximum Gasteiger partial charge on any atom is 0.307 e. The van der Waals surface area contributed by atoms with Crippen LogP contribution in [0.15, 0.2) is 59.5 Å². The Morgan fingerprint density at radius 1 is 0.952 bits per heavy atom. The van der Waals surface area contributed by atoms with Crippen molar-refractivity contribution in [1.82, 2.24) is 4.72 Å². The van der Waals surface area contributed by atoms with E-state index >= 15 is 0 Å². The summed E-state index contributed by atoms with van der Waals surface area (Å²) < 4.78 is 26.6. The third kappa shape index (κ3) is 4.40. The molecule has 110 valence electrons. The Morgan fingerprint density at radius 2 is 1.52 bits per heavy atom. The van der Waals surface area contributed by atoms with E-state index in [0.717, 1.165) is 5.56 Å². The van der Waals surface area contributed by atoms with Crippen LogP contribution in [0.1, 0.15) is 11.1 Å². The molecule has 0 spiro atoms. The van der Waals surface area contributed by atoms with Gasteiger partial charge in [-0.15, -0.1) is 0 Å². The van der Waals surface area contributed by atoms with Crippen LogP contribution in [0.5, 0.6) is 0 Å². The van der Waals surface area contributed by atoms with Crippen LogP contribution in [-0.4, -0.2) is 19.5 Å². The molecule has 0 heterocycles. The van der Waals surface area contributed by atoms with E-state index in [2.05, 4.69) is 4.72 Å². The molecular weight excluding hydrogens is 290 g/mol. The van der Waals surface area contributed by atoms with Crippen molar-refractivity contribution in [3.8, 4) is 0 Å². The molecule has 0 fully saturated rings. The number of hydrogen-bond acceptors (Lipinski definition) is 3. The third-order valence-electron chi connectivity index (χ3n) is 2.90. The topological polar surface area (TPSA) is 83.5 Å². The lowest BCUT2D eigenvalue weighted by Crippen LogP contribution is -2.23. The summed E-state index contributed by atoms with van der Waals surface area (Å²) in [5.41, 5.74) is 1.45. The molecule has 2 rings (SSSR count). The van der Waals surface area contributed by atoms with Gasteiger partial charge in [0.15, 0.2) is 0 Å². The van der Waals surface area contributed by atoms with E-state index < -0.39 is 16.0 Å². The number of nitrogens with one attached hydrogen (secondary N) is 1. The Hall–Kier alpha value is -2.18. The van der Waals surface area contributed by atoms with Crippen LogP contribution >= 0.6 is 0 Å². The monoisotopic (exact) mass is 305 g/mol. The number of rotatable bonds is 6. The molecule has 0 aromatic heterocycles. The van der Waals surface area contributed by atoms with Crippen LogP contribution in [-0.2, 0) is 27.8 Å². The fourth-order valence-corrected chi connectivity index (χ4v) is 2.85. The lowest BCUT2D eigenvalue weighted by molar-refractivity contribution is -0.136. The second kappa shape index (κ2) is 6.51. The normalized spacial score (nSPS) is 11.2. The van der Waals surface area contributed by atoms with Gasteiger partial charge in [0.25, 0.3) is 0 Å². The molecule has 0 radical (unpaired) electrons. The number of sulfonamides is 1. The first kappa shape index (κ1) is 15.2. The van der Waals surface area contributed by atoms with Gasteiger partial charge in [0.1, 0.15) is 0 Å². The molecule has 2 aromatic rings. The van der Waals surface area contributed by atoms with Crippen molar-refractivity contribution in [3.63, 3.8) is 0 Å². The van der Waals surface area contributed by atoms with Gasteiger partial charge in [0.2, 0.25) is 10.0 Å². The largest absolute Gasteiger partial charge is 0.481 e. The average molecular weight is 305 g/mol. The Balaban J connectivity index is 2.01. The van der Waals surface area contributed by atoms with E-state index in [9.17, 15) is 13.2 Å². The van der Waals surface area contributed by atoms with Gasteiger partial charge in [-0.1, -0.05) is 42.5 Å². The minimum atomic E-state index is -3.53. The van der Waals surface area contributed by atoms with E-state index in [1.54, 1.807) is 42.5 Å². The Bertz CT molecular complexity index is 709. The highest BCUT2D eigenvalue weighted by molar-refractivity contribution is 7.89. The van der Waals surface area contributed by atoms with Crippen molar-refractivity contribution in [2.45, 2.75) is 17.9 Å². The zero-order chi connectivity index (χ0) is 15.3. The van der Waals surface area contributed by atoms with Crippen molar-refractivity contribution in [2.24, 2.45) is 0 Å². The molecule has 0 atom stereocenters. The van der Waals surface area contributed by atoms with Crippen LogP contribution in [0.2, 0.25) is 0 Å². The second-order valence-corrected chi connectivity index (χ2v) is 6.29. The van der Waals surface area contributed by atoms with Gasteiger partial charge in [-0.3, -0.25) is 4.79 Å². The Labute approximate surface area is 123 Å². The molecule has 0 aliphatic carbocycles. The summed E-state index contributed by atoms with van der Waals surface area (Å²) in [5.74, 6) is -0.896. The number of benzene rings is 2. The summed E-state index contributed by atoms with van der Waals surface area (Å²) in [5, 5.41) is 8.68. The van der Waals surface area contributed by atoms with E-state index in [1.165, 1.54) is 12.1 Å². The van der Waals surface area contributed by atoms with Gasteiger partial charge in [0, 0.05) is 6.54 Å². The Morgan fingerprint density at radius 3 is 2.10 bits per heavy atom. The van der Waals surface area contributed by atoms with Gasteiger partial charge in [0.05, 0.1) is 11.3 Å². The molecule has 0 unspecified atom stereocenters. The summed E-state index contributed by atoms with van der Waals surface area (Å²) in [7, 11) is -3.53. The number of carboxylic acid groups (broad SMARTS) is 1. The molecular formula is C15H15NO4S. The summed E-state index contributed by atoms with van der Waals surface area (Å²) in [4.78, 5) is 10.8. The van der Waals surface area contributed by atoms with Gasteiger partial charge in [-0.05, 0) is 23.3 Å².